The summed E-state index contributed by atoms with van der Waals surface area (Å²) in [4.78, 5) is 13.7. The van der Waals surface area contributed by atoms with Gasteiger partial charge in [-0.25, -0.2) is 0 Å². The molecule has 0 aliphatic carbocycles. The maximum absolute atomic E-state index is 11.5. The summed E-state index contributed by atoms with van der Waals surface area (Å²) < 4.78 is 5.32. The van der Waals surface area contributed by atoms with Crippen molar-refractivity contribution in [2.24, 2.45) is 0 Å². The highest BCUT2D eigenvalue weighted by Crippen LogP contribution is 2.21. The molecule has 3 rings (SSSR count). The molecule has 0 atom stereocenters. The third-order valence-electron chi connectivity index (χ3n) is 3.29. The molecule has 0 radical (unpaired) electrons. The average molecular weight is 313 g/mol. The molecular formula is C17H15NO3S. The van der Waals surface area contributed by atoms with Crippen LogP contribution in [0.25, 0.3) is 0 Å². The molecule has 3 aromatic rings. The maximum Gasteiger partial charge on any atom is 0.226 e. The number of para-hydroxylation sites is 1. The van der Waals surface area contributed by atoms with Gasteiger partial charge in [-0.15, -0.1) is 0 Å². The Labute approximate surface area is 131 Å². The van der Waals surface area contributed by atoms with Crippen molar-refractivity contribution in [3.05, 3.63) is 81.0 Å². The first-order valence-corrected chi connectivity index (χ1v) is 7.78. The molecule has 1 N–H and O–H groups in total. The predicted octanol–water partition coefficient (Wildman–Crippen LogP) is 3.61. The van der Waals surface area contributed by atoms with E-state index in [0.717, 1.165) is 18.5 Å². The van der Waals surface area contributed by atoms with Crippen molar-refractivity contribution in [2.45, 2.75) is 13.1 Å². The molecule has 0 aliphatic heterocycles. The van der Waals surface area contributed by atoms with Crippen LogP contribution < -0.4 is 10.3 Å². The van der Waals surface area contributed by atoms with Crippen LogP contribution in [0, 0.1) is 0 Å². The third kappa shape index (κ3) is 3.38. The van der Waals surface area contributed by atoms with Crippen LogP contribution in [0.4, 0.5) is 5.69 Å². The number of thiophene rings is 1. The van der Waals surface area contributed by atoms with E-state index in [1.165, 1.54) is 11.6 Å². The molecule has 0 saturated heterocycles. The van der Waals surface area contributed by atoms with Gasteiger partial charge in [0, 0.05) is 18.3 Å². The third-order valence-corrected chi connectivity index (χ3v) is 4.02. The van der Waals surface area contributed by atoms with Gasteiger partial charge < -0.3 is 14.4 Å². The summed E-state index contributed by atoms with van der Waals surface area (Å²) in [5, 5.41) is 13.4. The van der Waals surface area contributed by atoms with Crippen LogP contribution in [-0.2, 0) is 13.1 Å². The highest BCUT2D eigenvalue weighted by molar-refractivity contribution is 7.07. The second-order valence-corrected chi connectivity index (χ2v) is 5.70. The van der Waals surface area contributed by atoms with E-state index in [0.29, 0.717) is 12.3 Å². The summed E-state index contributed by atoms with van der Waals surface area (Å²) in [6.07, 6.45) is 1.09. The molecule has 0 unspecified atom stereocenters. The topological polar surface area (TPSA) is 53.7 Å². The Balaban J connectivity index is 1.87. The molecule has 0 fully saturated rings. The van der Waals surface area contributed by atoms with Crippen molar-refractivity contribution in [3.8, 4) is 5.75 Å². The fourth-order valence-electron chi connectivity index (χ4n) is 2.20. The van der Waals surface area contributed by atoms with Crippen LogP contribution in [0.1, 0.15) is 11.3 Å². The van der Waals surface area contributed by atoms with Crippen LogP contribution in [0.15, 0.2) is 68.7 Å². The van der Waals surface area contributed by atoms with Gasteiger partial charge in [0.15, 0.2) is 5.75 Å². The fraction of sp³-hybridized carbons (Fsp3) is 0.118. The Kier molecular flexibility index (Phi) is 4.25. The number of hydrogen-bond donors (Lipinski definition) is 1. The molecule has 0 spiro atoms. The summed E-state index contributed by atoms with van der Waals surface area (Å²) in [6.45, 7) is 1.17. The number of benzene rings is 1. The molecule has 112 valence electrons. The van der Waals surface area contributed by atoms with Gasteiger partial charge in [0.1, 0.15) is 12.0 Å². The normalized spacial score (nSPS) is 10.5. The summed E-state index contributed by atoms with van der Waals surface area (Å²) in [5.74, 6) is 0.148. The summed E-state index contributed by atoms with van der Waals surface area (Å²) in [7, 11) is 0. The number of hydrogen-bond acceptors (Lipinski definition) is 5. The molecule has 0 amide bonds. The van der Waals surface area contributed by atoms with Gasteiger partial charge in [0.05, 0.1) is 6.54 Å². The summed E-state index contributed by atoms with van der Waals surface area (Å²) in [5.41, 5.74) is 1.82. The van der Waals surface area contributed by atoms with Crippen LogP contribution in [0.2, 0.25) is 0 Å². The summed E-state index contributed by atoms with van der Waals surface area (Å²) in [6, 6.07) is 13.4. The van der Waals surface area contributed by atoms with E-state index in [1.807, 2.05) is 35.7 Å². The molecule has 5 heteroatoms. The first-order chi connectivity index (χ1) is 10.7. The van der Waals surface area contributed by atoms with E-state index in [1.54, 1.807) is 11.3 Å². The lowest BCUT2D eigenvalue weighted by molar-refractivity contribution is 0.411. The van der Waals surface area contributed by atoms with Crippen LogP contribution in [0.5, 0.6) is 5.75 Å². The zero-order chi connectivity index (χ0) is 15.4. The Morgan fingerprint density at radius 3 is 2.64 bits per heavy atom. The minimum atomic E-state index is -0.426. The quantitative estimate of drug-likeness (QED) is 0.782. The van der Waals surface area contributed by atoms with E-state index in [4.69, 9.17) is 4.42 Å². The lowest BCUT2D eigenvalue weighted by atomic mass is 10.2. The lowest BCUT2D eigenvalue weighted by Crippen LogP contribution is -2.22. The van der Waals surface area contributed by atoms with Gasteiger partial charge >= 0.3 is 0 Å². The van der Waals surface area contributed by atoms with Gasteiger partial charge in [0.2, 0.25) is 5.43 Å². The number of rotatable bonds is 5. The standard InChI is InChI=1S/C17H15NO3S/c19-16-8-15(21-11-17(16)20)10-18(9-13-6-7-22-12-13)14-4-2-1-3-5-14/h1-8,11-12,20H,9-10H2. The van der Waals surface area contributed by atoms with Crippen LogP contribution >= 0.6 is 11.3 Å². The van der Waals surface area contributed by atoms with Gasteiger partial charge in [0.25, 0.3) is 0 Å². The van der Waals surface area contributed by atoms with Crippen molar-refractivity contribution < 1.29 is 9.52 Å². The first kappa shape index (κ1) is 14.4. The second kappa shape index (κ2) is 6.49. The van der Waals surface area contributed by atoms with Crippen LogP contribution in [-0.4, -0.2) is 5.11 Å². The fourth-order valence-corrected chi connectivity index (χ4v) is 2.85. The lowest BCUT2D eigenvalue weighted by Gasteiger charge is -2.23. The Morgan fingerprint density at radius 2 is 1.95 bits per heavy atom. The molecule has 2 aromatic heterocycles. The van der Waals surface area contributed by atoms with Gasteiger partial charge in [-0.3, -0.25) is 4.79 Å². The first-order valence-electron chi connectivity index (χ1n) is 6.84. The number of nitrogens with zero attached hydrogens (tertiary/aromatic N) is 1. The average Bonchev–Trinajstić information content (AvgIpc) is 3.04. The molecular weight excluding hydrogens is 298 g/mol. The van der Waals surface area contributed by atoms with E-state index < -0.39 is 5.43 Å². The van der Waals surface area contributed by atoms with Crippen molar-refractivity contribution >= 4 is 17.0 Å². The highest BCUT2D eigenvalue weighted by atomic mass is 32.1. The summed E-state index contributed by atoms with van der Waals surface area (Å²) >= 11 is 1.65. The smallest absolute Gasteiger partial charge is 0.226 e. The zero-order valence-corrected chi connectivity index (χ0v) is 12.6. The monoisotopic (exact) mass is 313 g/mol. The second-order valence-electron chi connectivity index (χ2n) is 4.92. The van der Waals surface area contributed by atoms with Crippen molar-refractivity contribution in [1.29, 1.82) is 0 Å². The van der Waals surface area contributed by atoms with Gasteiger partial charge in [-0.2, -0.15) is 11.3 Å². The van der Waals surface area contributed by atoms with E-state index in [-0.39, 0.29) is 5.75 Å². The Morgan fingerprint density at radius 1 is 1.14 bits per heavy atom. The van der Waals surface area contributed by atoms with Gasteiger partial charge in [-0.1, -0.05) is 18.2 Å². The minimum Gasteiger partial charge on any atom is -0.502 e. The van der Waals surface area contributed by atoms with Crippen molar-refractivity contribution in [2.75, 3.05) is 4.90 Å². The number of aromatic hydroxyl groups is 1. The largest absolute Gasteiger partial charge is 0.502 e. The van der Waals surface area contributed by atoms with E-state index in [9.17, 15) is 9.90 Å². The Hall–Kier alpha value is -2.53. The molecule has 22 heavy (non-hydrogen) atoms. The molecule has 0 aliphatic rings. The number of anilines is 1. The predicted molar refractivity (Wildman–Crippen MR) is 87.3 cm³/mol. The van der Waals surface area contributed by atoms with Gasteiger partial charge in [-0.05, 0) is 34.5 Å². The molecule has 1 aromatic carbocycles. The van der Waals surface area contributed by atoms with E-state index in [2.05, 4.69) is 16.3 Å². The molecule has 0 bridgehead atoms. The van der Waals surface area contributed by atoms with Crippen LogP contribution in [0.3, 0.4) is 0 Å². The maximum atomic E-state index is 11.5. The zero-order valence-electron chi connectivity index (χ0n) is 11.8. The van der Waals surface area contributed by atoms with E-state index >= 15 is 0 Å². The molecule has 2 heterocycles. The highest BCUT2D eigenvalue weighted by Gasteiger charge is 2.11. The SMILES string of the molecule is O=c1cc(CN(Cc2ccsc2)c2ccccc2)occ1O. The molecule has 0 saturated carbocycles. The Bertz CT molecular complexity index is 781. The molecule has 4 nitrogen and oxygen atoms in total. The minimum absolute atomic E-state index is 0.368. The van der Waals surface area contributed by atoms with Crippen molar-refractivity contribution in [3.63, 3.8) is 0 Å². The van der Waals surface area contributed by atoms with Crippen molar-refractivity contribution in [1.82, 2.24) is 0 Å².